The molecule has 1 N–H and O–H groups in total. The highest BCUT2D eigenvalue weighted by Gasteiger charge is 2.03. The van der Waals surface area contributed by atoms with Crippen LogP contribution in [0.2, 0.25) is 0 Å². The van der Waals surface area contributed by atoms with Gasteiger partial charge in [0.1, 0.15) is 6.04 Å². The van der Waals surface area contributed by atoms with Gasteiger partial charge in [-0.3, -0.25) is 0 Å². The van der Waals surface area contributed by atoms with Crippen LogP contribution in [-0.4, -0.2) is 15.6 Å². The molecule has 0 aliphatic carbocycles. The van der Waals surface area contributed by atoms with E-state index in [9.17, 15) is 0 Å². The Balaban J connectivity index is 2.36. The van der Waals surface area contributed by atoms with Gasteiger partial charge in [0.2, 0.25) is 0 Å². The zero-order valence-corrected chi connectivity index (χ0v) is 8.73. The Hall–Kier alpha value is -2.02. The van der Waals surface area contributed by atoms with Crippen LogP contribution in [0.25, 0.3) is 11.0 Å². The molecule has 0 radical (unpaired) electrons. The molecule has 0 fully saturated rings. The van der Waals surface area contributed by atoms with Crippen molar-refractivity contribution < 1.29 is 0 Å². The van der Waals surface area contributed by atoms with Crippen molar-refractivity contribution in [2.24, 2.45) is 7.05 Å². The summed E-state index contributed by atoms with van der Waals surface area (Å²) in [6.45, 7) is 1.82. The highest BCUT2D eigenvalue weighted by molar-refractivity contribution is 5.79. The molecule has 0 saturated heterocycles. The molecule has 1 heterocycles. The maximum absolute atomic E-state index is 8.68. The molecule has 1 aromatic heterocycles. The van der Waals surface area contributed by atoms with Gasteiger partial charge in [0, 0.05) is 12.7 Å². The minimum absolute atomic E-state index is 0.189. The molecule has 0 aliphatic heterocycles. The molecule has 2 aromatic rings. The van der Waals surface area contributed by atoms with E-state index in [4.69, 9.17) is 5.26 Å². The first kappa shape index (κ1) is 9.53. The van der Waals surface area contributed by atoms with Crippen LogP contribution in [0, 0.1) is 11.3 Å². The van der Waals surface area contributed by atoms with Crippen molar-refractivity contribution in [3.8, 4) is 6.07 Å². The Labute approximate surface area is 88.2 Å². The monoisotopic (exact) mass is 200 g/mol. The van der Waals surface area contributed by atoms with E-state index in [2.05, 4.69) is 16.4 Å². The second kappa shape index (κ2) is 3.62. The van der Waals surface area contributed by atoms with Crippen molar-refractivity contribution in [1.29, 1.82) is 5.26 Å². The van der Waals surface area contributed by atoms with Gasteiger partial charge in [-0.15, -0.1) is 0 Å². The van der Waals surface area contributed by atoms with Crippen molar-refractivity contribution in [2.45, 2.75) is 13.0 Å². The van der Waals surface area contributed by atoms with Crippen LogP contribution < -0.4 is 5.32 Å². The second-order valence-electron chi connectivity index (χ2n) is 3.55. The number of imidazole rings is 1. The molecular weight excluding hydrogens is 188 g/mol. The van der Waals surface area contributed by atoms with Crippen molar-refractivity contribution >= 4 is 16.7 Å². The molecule has 0 spiro atoms. The molecule has 0 amide bonds. The highest BCUT2D eigenvalue weighted by Crippen LogP contribution is 2.17. The minimum Gasteiger partial charge on any atom is -0.370 e. The average molecular weight is 200 g/mol. The molecule has 1 atom stereocenters. The summed E-state index contributed by atoms with van der Waals surface area (Å²) in [7, 11) is 1.96. The first-order valence-corrected chi connectivity index (χ1v) is 4.78. The summed E-state index contributed by atoms with van der Waals surface area (Å²) in [6, 6.07) is 7.84. The smallest absolute Gasteiger partial charge is 0.111 e. The quantitative estimate of drug-likeness (QED) is 0.805. The Morgan fingerprint density at radius 1 is 1.53 bits per heavy atom. The highest BCUT2D eigenvalue weighted by atomic mass is 15.0. The lowest BCUT2D eigenvalue weighted by molar-refractivity contribution is 0.947. The Morgan fingerprint density at radius 3 is 3.07 bits per heavy atom. The average Bonchev–Trinajstić information content (AvgIpc) is 2.60. The van der Waals surface area contributed by atoms with Crippen molar-refractivity contribution in [3.63, 3.8) is 0 Å². The van der Waals surface area contributed by atoms with E-state index in [0.717, 1.165) is 16.7 Å². The fraction of sp³-hybridized carbons (Fsp3) is 0.273. The molecule has 1 unspecified atom stereocenters. The number of aryl methyl sites for hydroxylation is 1. The number of nitriles is 1. The van der Waals surface area contributed by atoms with Gasteiger partial charge >= 0.3 is 0 Å². The van der Waals surface area contributed by atoms with Crippen LogP contribution in [0.4, 0.5) is 5.69 Å². The lowest BCUT2D eigenvalue weighted by Crippen LogP contribution is -2.11. The maximum Gasteiger partial charge on any atom is 0.111 e. The minimum atomic E-state index is -0.189. The second-order valence-corrected chi connectivity index (χ2v) is 3.55. The third kappa shape index (κ3) is 1.77. The molecular formula is C11H12N4. The van der Waals surface area contributed by atoms with Gasteiger partial charge in [-0.1, -0.05) is 0 Å². The van der Waals surface area contributed by atoms with E-state index in [1.165, 1.54) is 0 Å². The van der Waals surface area contributed by atoms with E-state index in [1.807, 2.05) is 36.7 Å². The van der Waals surface area contributed by atoms with Gasteiger partial charge in [0.25, 0.3) is 0 Å². The van der Waals surface area contributed by atoms with E-state index in [0.29, 0.717) is 0 Å². The van der Waals surface area contributed by atoms with Gasteiger partial charge in [-0.05, 0) is 25.1 Å². The number of rotatable bonds is 2. The molecule has 4 nitrogen and oxygen atoms in total. The van der Waals surface area contributed by atoms with Crippen LogP contribution >= 0.6 is 0 Å². The number of anilines is 1. The summed E-state index contributed by atoms with van der Waals surface area (Å²) in [5, 5.41) is 11.8. The summed E-state index contributed by atoms with van der Waals surface area (Å²) in [5.74, 6) is 0. The molecule has 76 valence electrons. The van der Waals surface area contributed by atoms with Gasteiger partial charge < -0.3 is 9.88 Å². The normalized spacial score (nSPS) is 12.3. The summed E-state index contributed by atoms with van der Waals surface area (Å²) < 4.78 is 1.97. The van der Waals surface area contributed by atoms with Gasteiger partial charge in [0.15, 0.2) is 0 Å². The van der Waals surface area contributed by atoms with Gasteiger partial charge in [0.05, 0.1) is 23.4 Å². The van der Waals surface area contributed by atoms with Crippen LogP contribution in [-0.2, 0) is 7.05 Å². The molecule has 0 saturated carbocycles. The lowest BCUT2D eigenvalue weighted by Gasteiger charge is -2.07. The Kier molecular flexibility index (Phi) is 2.30. The SMILES string of the molecule is CC(C#N)Nc1ccc2c(c1)ncn2C. The number of benzene rings is 1. The summed E-state index contributed by atoms with van der Waals surface area (Å²) in [6.07, 6.45) is 1.78. The molecule has 0 bridgehead atoms. The Morgan fingerprint density at radius 2 is 2.33 bits per heavy atom. The summed E-state index contributed by atoms with van der Waals surface area (Å²) in [4.78, 5) is 4.25. The number of hydrogen-bond donors (Lipinski definition) is 1. The maximum atomic E-state index is 8.68. The van der Waals surface area contributed by atoms with Crippen molar-refractivity contribution in [2.75, 3.05) is 5.32 Å². The molecule has 4 heteroatoms. The van der Waals surface area contributed by atoms with Gasteiger partial charge in [-0.25, -0.2) is 4.98 Å². The van der Waals surface area contributed by atoms with E-state index in [1.54, 1.807) is 6.33 Å². The van der Waals surface area contributed by atoms with E-state index in [-0.39, 0.29) is 6.04 Å². The van der Waals surface area contributed by atoms with Crippen LogP contribution in [0.5, 0.6) is 0 Å². The number of nitrogens with zero attached hydrogens (tertiary/aromatic N) is 3. The van der Waals surface area contributed by atoms with E-state index < -0.39 is 0 Å². The topological polar surface area (TPSA) is 53.6 Å². The lowest BCUT2D eigenvalue weighted by atomic mass is 10.2. The third-order valence-electron chi connectivity index (χ3n) is 2.30. The van der Waals surface area contributed by atoms with E-state index >= 15 is 0 Å². The molecule has 2 rings (SSSR count). The van der Waals surface area contributed by atoms with Crippen molar-refractivity contribution in [3.05, 3.63) is 24.5 Å². The first-order valence-electron chi connectivity index (χ1n) is 4.78. The predicted octanol–water partition coefficient (Wildman–Crippen LogP) is 1.90. The predicted molar refractivity (Wildman–Crippen MR) is 59.4 cm³/mol. The van der Waals surface area contributed by atoms with Gasteiger partial charge in [-0.2, -0.15) is 5.26 Å². The Bertz CT molecular complexity index is 521. The summed E-state index contributed by atoms with van der Waals surface area (Å²) in [5.41, 5.74) is 2.95. The zero-order valence-electron chi connectivity index (χ0n) is 8.73. The first-order chi connectivity index (χ1) is 7.20. The zero-order chi connectivity index (χ0) is 10.8. The number of hydrogen-bond acceptors (Lipinski definition) is 3. The molecule has 15 heavy (non-hydrogen) atoms. The fourth-order valence-corrected chi connectivity index (χ4v) is 1.51. The summed E-state index contributed by atoms with van der Waals surface area (Å²) >= 11 is 0. The number of aromatic nitrogens is 2. The third-order valence-corrected chi connectivity index (χ3v) is 2.30. The molecule has 0 aliphatic rings. The molecule has 1 aromatic carbocycles. The van der Waals surface area contributed by atoms with Crippen LogP contribution in [0.15, 0.2) is 24.5 Å². The van der Waals surface area contributed by atoms with Crippen LogP contribution in [0.3, 0.4) is 0 Å². The number of nitrogens with one attached hydrogen (secondary N) is 1. The fourth-order valence-electron chi connectivity index (χ4n) is 1.51. The largest absolute Gasteiger partial charge is 0.370 e. The van der Waals surface area contributed by atoms with Crippen LogP contribution in [0.1, 0.15) is 6.92 Å². The van der Waals surface area contributed by atoms with Crippen molar-refractivity contribution in [1.82, 2.24) is 9.55 Å². The standard InChI is InChI=1S/C11H12N4/c1-8(6-12)14-9-3-4-11-10(5-9)13-7-15(11)2/h3-5,7-8,14H,1-2H3. The number of fused-ring (bicyclic) bond motifs is 1.